The number of hydrogen-bond acceptors (Lipinski definition) is 2. The molecule has 3 rings (SSSR count). The van der Waals surface area contributed by atoms with Gasteiger partial charge in [-0.1, -0.05) is 68.1 Å². The molecule has 0 aliphatic carbocycles. The minimum atomic E-state index is 0.775. The first kappa shape index (κ1) is 16.8. The normalized spacial score (nSPS) is 12.6. The summed E-state index contributed by atoms with van der Waals surface area (Å²) in [5.41, 5.74) is 11.9. The van der Waals surface area contributed by atoms with Crippen LogP contribution < -0.4 is 5.73 Å². The topological polar surface area (TPSA) is 39.2 Å². The van der Waals surface area contributed by atoms with Gasteiger partial charge in [0, 0.05) is 27.8 Å². The van der Waals surface area contributed by atoms with E-state index in [1.54, 1.807) is 0 Å². The van der Waals surface area contributed by atoms with Crippen LogP contribution in [0.4, 0.5) is 0 Å². The van der Waals surface area contributed by atoms with E-state index in [2.05, 4.69) is 37.8 Å². The van der Waals surface area contributed by atoms with Crippen molar-refractivity contribution in [3.63, 3.8) is 0 Å². The fourth-order valence-corrected chi connectivity index (χ4v) is 3.08. The third-order valence-corrected chi connectivity index (χ3v) is 4.31. The van der Waals surface area contributed by atoms with Crippen LogP contribution in [0, 0.1) is 0 Å². The summed E-state index contributed by atoms with van der Waals surface area (Å²) in [7, 11) is 0. The van der Waals surface area contributed by atoms with Gasteiger partial charge in [-0.3, -0.25) is 0 Å². The van der Waals surface area contributed by atoms with Crippen LogP contribution in [0.1, 0.15) is 42.7 Å². The third-order valence-electron chi connectivity index (χ3n) is 4.31. The Hall–Kier alpha value is -3.00. The molecular formula is C23H23NO. The number of hydrogen-bond donors (Lipinski definition) is 1. The van der Waals surface area contributed by atoms with Crippen LogP contribution in [0.2, 0.25) is 0 Å². The molecule has 0 aliphatic heterocycles. The molecule has 0 saturated heterocycles. The quantitative estimate of drug-likeness (QED) is 0.602. The van der Waals surface area contributed by atoms with E-state index in [1.807, 2.05) is 49.4 Å². The summed E-state index contributed by atoms with van der Waals surface area (Å²) in [5.74, 6) is 0.842. The molecule has 2 heteroatoms. The summed E-state index contributed by atoms with van der Waals surface area (Å²) >= 11 is 0. The Bertz CT molecular complexity index is 958. The van der Waals surface area contributed by atoms with Crippen molar-refractivity contribution in [1.29, 1.82) is 0 Å². The van der Waals surface area contributed by atoms with E-state index >= 15 is 0 Å². The van der Waals surface area contributed by atoms with Crippen LogP contribution in [0.3, 0.4) is 0 Å². The molecule has 2 N–H and O–H groups in total. The monoisotopic (exact) mass is 329 g/mol. The standard InChI is InChI=1S/C23H23NO/c1-4-10-21(24)17-13-14-20-19(6-3)23(25-22(20)15-17)18(5-2)16-11-8-7-9-12-16/h5-15H,3-4,24H2,1-2H3/b18-5-,21-10+. The minimum Gasteiger partial charge on any atom is -0.455 e. The van der Waals surface area contributed by atoms with E-state index in [9.17, 15) is 0 Å². The van der Waals surface area contributed by atoms with Crippen LogP contribution >= 0.6 is 0 Å². The zero-order valence-electron chi connectivity index (χ0n) is 14.8. The van der Waals surface area contributed by atoms with Gasteiger partial charge in [0.1, 0.15) is 11.3 Å². The molecule has 0 radical (unpaired) electrons. The van der Waals surface area contributed by atoms with E-state index in [1.165, 1.54) is 0 Å². The van der Waals surface area contributed by atoms with Gasteiger partial charge in [-0.15, -0.1) is 0 Å². The first-order chi connectivity index (χ1) is 12.2. The molecule has 0 bridgehead atoms. The van der Waals surface area contributed by atoms with Crippen LogP contribution in [0.15, 0.2) is 71.7 Å². The molecular weight excluding hydrogens is 306 g/mol. The predicted molar refractivity (Wildman–Crippen MR) is 108 cm³/mol. The van der Waals surface area contributed by atoms with E-state index in [0.29, 0.717) is 0 Å². The summed E-state index contributed by atoms with van der Waals surface area (Å²) in [4.78, 5) is 0. The number of fused-ring (bicyclic) bond motifs is 1. The molecule has 0 saturated carbocycles. The second kappa shape index (κ2) is 7.27. The van der Waals surface area contributed by atoms with Crippen molar-refractivity contribution in [2.75, 3.05) is 0 Å². The van der Waals surface area contributed by atoms with Crippen molar-refractivity contribution in [2.24, 2.45) is 5.73 Å². The lowest BCUT2D eigenvalue weighted by Gasteiger charge is -2.05. The summed E-state index contributed by atoms with van der Waals surface area (Å²) in [5, 5.41) is 1.05. The summed E-state index contributed by atoms with van der Waals surface area (Å²) < 4.78 is 6.24. The number of furan rings is 1. The molecule has 0 aliphatic rings. The first-order valence-corrected chi connectivity index (χ1v) is 8.56. The van der Waals surface area contributed by atoms with Crippen LogP contribution in [0.5, 0.6) is 0 Å². The molecule has 0 amide bonds. The fourth-order valence-electron chi connectivity index (χ4n) is 3.08. The number of benzene rings is 2. The maximum absolute atomic E-state index is 6.24. The average molecular weight is 329 g/mol. The Balaban J connectivity index is 2.19. The van der Waals surface area contributed by atoms with E-state index in [-0.39, 0.29) is 0 Å². The average Bonchev–Trinajstić information content (AvgIpc) is 3.00. The molecule has 0 atom stereocenters. The predicted octanol–water partition coefficient (Wildman–Crippen LogP) is 6.24. The van der Waals surface area contributed by atoms with Gasteiger partial charge >= 0.3 is 0 Å². The van der Waals surface area contributed by atoms with Gasteiger partial charge in [-0.2, -0.15) is 0 Å². The molecule has 25 heavy (non-hydrogen) atoms. The molecule has 0 spiro atoms. The second-order valence-electron chi connectivity index (χ2n) is 5.90. The van der Waals surface area contributed by atoms with Crippen molar-refractivity contribution < 1.29 is 4.42 Å². The van der Waals surface area contributed by atoms with Crippen molar-refractivity contribution in [3.8, 4) is 0 Å². The van der Waals surface area contributed by atoms with Crippen molar-refractivity contribution in [1.82, 2.24) is 0 Å². The second-order valence-corrected chi connectivity index (χ2v) is 5.90. The molecule has 1 heterocycles. The van der Waals surface area contributed by atoms with Crippen molar-refractivity contribution in [2.45, 2.75) is 20.3 Å². The van der Waals surface area contributed by atoms with Crippen LogP contribution in [-0.2, 0) is 0 Å². The van der Waals surface area contributed by atoms with Crippen molar-refractivity contribution >= 4 is 28.3 Å². The highest BCUT2D eigenvalue weighted by atomic mass is 16.3. The Morgan fingerprint density at radius 3 is 2.52 bits per heavy atom. The molecule has 0 unspecified atom stereocenters. The van der Waals surface area contributed by atoms with Crippen LogP contribution in [0.25, 0.3) is 28.3 Å². The lowest BCUT2D eigenvalue weighted by Crippen LogP contribution is -1.95. The maximum Gasteiger partial charge on any atom is 0.142 e. The lowest BCUT2D eigenvalue weighted by atomic mass is 9.98. The molecule has 0 fully saturated rings. The van der Waals surface area contributed by atoms with Crippen molar-refractivity contribution in [3.05, 3.63) is 89.7 Å². The largest absolute Gasteiger partial charge is 0.455 e. The van der Waals surface area contributed by atoms with E-state index < -0.39 is 0 Å². The van der Waals surface area contributed by atoms with Gasteiger partial charge in [0.2, 0.25) is 0 Å². The number of allylic oxidation sites excluding steroid dienone is 2. The summed E-state index contributed by atoms with van der Waals surface area (Å²) in [6, 6.07) is 16.3. The molecule has 1 aromatic heterocycles. The zero-order valence-corrected chi connectivity index (χ0v) is 14.8. The van der Waals surface area contributed by atoms with Crippen LogP contribution in [-0.4, -0.2) is 0 Å². The van der Waals surface area contributed by atoms with Gasteiger partial charge in [-0.25, -0.2) is 0 Å². The number of rotatable bonds is 5. The summed E-state index contributed by atoms with van der Waals surface area (Å²) in [6.07, 6.45) is 6.85. The number of nitrogens with two attached hydrogens (primary N) is 1. The minimum absolute atomic E-state index is 0.775. The van der Waals surface area contributed by atoms with E-state index in [0.717, 1.165) is 51.1 Å². The highest BCUT2D eigenvalue weighted by Gasteiger charge is 2.17. The molecule has 2 nitrogen and oxygen atoms in total. The fraction of sp³-hybridized carbons (Fsp3) is 0.130. The maximum atomic E-state index is 6.24. The van der Waals surface area contributed by atoms with Gasteiger partial charge in [0.15, 0.2) is 0 Å². The highest BCUT2D eigenvalue weighted by Crippen LogP contribution is 2.35. The third kappa shape index (κ3) is 3.16. The Morgan fingerprint density at radius 2 is 1.88 bits per heavy atom. The summed E-state index contributed by atoms with van der Waals surface area (Å²) in [6.45, 7) is 8.09. The van der Waals surface area contributed by atoms with Gasteiger partial charge in [-0.05, 0) is 31.0 Å². The molecule has 126 valence electrons. The molecule has 3 aromatic rings. The Labute approximate surface area is 149 Å². The van der Waals surface area contributed by atoms with Gasteiger partial charge in [0.05, 0.1) is 0 Å². The van der Waals surface area contributed by atoms with E-state index in [4.69, 9.17) is 10.2 Å². The zero-order chi connectivity index (χ0) is 17.8. The Kier molecular flexibility index (Phi) is 4.90. The lowest BCUT2D eigenvalue weighted by molar-refractivity contribution is 0.599. The first-order valence-electron chi connectivity index (χ1n) is 8.56. The van der Waals surface area contributed by atoms with Gasteiger partial charge in [0.25, 0.3) is 0 Å². The Morgan fingerprint density at radius 1 is 1.12 bits per heavy atom. The van der Waals surface area contributed by atoms with Gasteiger partial charge < -0.3 is 10.2 Å². The SMILES string of the molecule is C=Cc1c(/C(=C\C)c2ccccc2)oc2cc(/C(N)=C\CC)ccc12. The smallest absolute Gasteiger partial charge is 0.142 e. The molecule has 2 aromatic carbocycles. The highest BCUT2D eigenvalue weighted by molar-refractivity contribution is 5.96.